The maximum absolute atomic E-state index is 12.6. The third kappa shape index (κ3) is 8.61. The van der Waals surface area contributed by atoms with Gasteiger partial charge in [-0.2, -0.15) is 0 Å². The van der Waals surface area contributed by atoms with Crippen LogP contribution in [0, 0.1) is 16.0 Å². The third-order valence-electron chi connectivity index (χ3n) is 10.2. The van der Waals surface area contributed by atoms with Crippen molar-refractivity contribution in [1.82, 2.24) is 15.2 Å². The van der Waals surface area contributed by atoms with Gasteiger partial charge >= 0.3 is 0 Å². The number of nitrogens with one attached hydrogen (secondary N) is 1. The van der Waals surface area contributed by atoms with E-state index in [-0.39, 0.29) is 41.3 Å². The van der Waals surface area contributed by atoms with Crippen molar-refractivity contribution in [3.8, 4) is 11.1 Å². The maximum atomic E-state index is 12.6. The molecule has 0 radical (unpaired) electrons. The molecule has 0 saturated carbocycles. The summed E-state index contributed by atoms with van der Waals surface area (Å²) in [6.45, 7) is 6.54. The van der Waals surface area contributed by atoms with Crippen molar-refractivity contribution >= 4 is 17.3 Å². The highest BCUT2D eigenvalue weighted by Gasteiger charge is 2.39. The van der Waals surface area contributed by atoms with Crippen molar-refractivity contribution in [3.63, 3.8) is 0 Å². The average molecular weight is 714 g/mol. The minimum atomic E-state index is -0.609. The van der Waals surface area contributed by atoms with Gasteiger partial charge in [-0.15, -0.1) is 0 Å². The SMILES string of the molecule is C[C@@H]1[C@H](CN2CCN(c3ccc([N+](=O)[O-])cc3)CC2)O[C@H](c2cccc(-c3cccc(CNC(=O)c4cccnc4)c3)c2)O[C@@H]1c1ccc(CO)cc1. The van der Waals surface area contributed by atoms with E-state index in [1.807, 2.05) is 60.7 Å². The predicted molar refractivity (Wildman–Crippen MR) is 202 cm³/mol. The first kappa shape index (κ1) is 35.9. The van der Waals surface area contributed by atoms with Gasteiger partial charge in [-0.25, -0.2) is 0 Å². The Morgan fingerprint density at radius 1 is 0.868 bits per heavy atom. The lowest BCUT2D eigenvalue weighted by molar-refractivity contribution is -0.384. The third-order valence-corrected chi connectivity index (χ3v) is 10.2. The van der Waals surface area contributed by atoms with E-state index >= 15 is 0 Å². The van der Waals surface area contributed by atoms with Crippen LogP contribution < -0.4 is 10.2 Å². The van der Waals surface area contributed by atoms with Crippen LogP contribution in [-0.2, 0) is 22.6 Å². The van der Waals surface area contributed by atoms with Crippen molar-refractivity contribution in [2.24, 2.45) is 5.92 Å². The van der Waals surface area contributed by atoms with Crippen molar-refractivity contribution < 1.29 is 24.3 Å². The van der Waals surface area contributed by atoms with Crippen molar-refractivity contribution in [2.45, 2.75) is 38.6 Å². The number of aromatic nitrogens is 1. The van der Waals surface area contributed by atoms with Gasteiger partial charge < -0.3 is 24.8 Å². The lowest BCUT2D eigenvalue weighted by Gasteiger charge is -2.44. The second-order valence-corrected chi connectivity index (χ2v) is 13.6. The zero-order valence-corrected chi connectivity index (χ0v) is 29.6. The number of carbonyl (C=O) groups excluding carboxylic acids is 1. The number of nitro benzene ring substituents is 1. The van der Waals surface area contributed by atoms with E-state index in [9.17, 15) is 20.0 Å². The summed E-state index contributed by atoms with van der Waals surface area (Å²) in [5.41, 5.74) is 7.39. The van der Waals surface area contributed by atoms with Crippen LogP contribution in [0.3, 0.4) is 0 Å². The average Bonchev–Trinajstić information content (AvgIpc) is 3.21. The topological polar surface area (TPSA) is 130 Å². The Hall–Kier alpha value is -5.46. The Kier molecular flexibility index (Phi) is 11.2. The Morgan fingerprint density at radius 2 is 1.60 bits per heavy atom. The first-order valence-electron chi connectivity index (χ1n) is 17.9. The minimum absolute atomic E-state index is 0.0214. The van der Waals surface area contributed by atoms with Crippen LogP contribution in [0.15, 0.2) is 122 Å². The van der Waals surface area contributed by atoms with E-state index in [0.717, 1.165) is 71.8 Å². The lowest BCUT2D eigenvalue weighted by Crippen LogP contribution is -2.51. The van der Waals surface area contributed by atoms with Crippen LogP contribution in [0.1, 0.15) is 51.9 Å². The first-order chi connectivity index (χ1) is 25.8. The predicted octanol–water partition coefficient (Wildman–Crippen LogP) is 6.69. The number of carbonyl (C=O) groups is 1. The molecule has 0 bridgehead atoms. The fraction of sp³-hybridized carbons (Fsp3) is 0.286. The molecule has 0 aliphatic carbocycles. The fourth-order valence-electron chi connectivity index (χ4n) is 7.06. The van der Waals surface area contributed by atoms with Gasteiger partial charge in [0.25, 0.3) is 11.6 Å². The molecule has 2 N–H and O–H groups in total. The standard InChI is InChI=1S/C42H43N5O6/c1-29-39(27-45-19-21-46(22-20-45)37-14-16-38(17-15-37)47(50)51)52-42(53-40(29)32-12-10-30(28-48)11-13-32)35-8-3-7-34(24-35)33-6-2-5-31(23-33)25-44-41(49)36-9-4-18-43-26-36/h2-18,23-24,26,29,39-40,42,48H,19-22,25,27-28H2,1H3,(H,44,49)/t29-,39+,40+,42+/m1/s1. The van der Waals surface area contributed by atoms with E-state index in [2.05, 4.69) is 51.3 Å². The summed E-state index contributed by atoms with van der Waals surface area (Å²) in [6, 6.07) is 34.5. The molecule has 5 aromatic rings. The van der Waals surface area contributed by atoms with Crippen LogP contribution in [-0.4, -0.2) is 64.6 Å². The number of ether oxygens (including phenoxy) is 2. The van der Waals surface area contributed by atoms with Crippen molar-refractivity contribution in [1.29, 1.82) is 0 Å². The molecule has 2 aliphatic rings. The number of benzene rings is 4. The van der Waals surface area contributed by atoms with Crippen LogP contribution in [0.25, 0.3) is 11.1 Å². The van der Waals surface area contributed by atoms with Gasteiger partial charge in [0.15, 0.2) is 6.29 Å². The number of hydrogen-bond acceptors (Lipinski definition) is 9. The molecule has 1 amide bonds. The van der Waals surface area contributed by atoms with Gasteiger partial charge in [0.1, 0.15) is 0 Å². The normalized spacial score (nSPS) is 20.5. The molecule has 3 heterocycles. The molecular formula is C42H43N5O6. The molecule has 0 spiro atoms. The summed E-state index contributed by atoms with van der Waals surface area (Å²) in [5, 5.41) is 23.8. The van der Waals surface area contributed by atoms with E-state index in [0.29, 0.717) is 12.1 Å². The second-order valence-electron chi connectivity index (χ2n) is 13.6. The zero-order chi connectivity index (χ0) is 36.7. The second kappa shape index (κ2) is 16.5. The van der Waals surface area contributed by atoms with Crippen LogP contribution in [0.5, 0.6) is 0 Å². The van der Waals surface area contributed by atoms with Gasteiger partial charge in [-0.3, -0.25) is 24.8 Å². The molecule has 11 nitrogen and oxygen atoms in total. The number of nitrogens with zero attached hydrogens (tertiary/aromatic N) is 4. The molecule has 2 aliphatic heterocycles. The highest BCUT2D eigenvalue weighted by molar-refractivity contribution is 5.93. The number of piperazine rings is 1. The number of rotatable bonds is 11. The molecule has 53 heavy (non-hydrogen) atoms. The molecule has 272 valence electrons. The van der Waals surface area contributed by atoms with Gasteiger partial charge in [0, 0.05) is 81.0 Å². The van der Waals surface area contributed by atoms with Gasteiger partial charge in [0.05, 0.1) is 29.3 Å². The van der Waals surface area contributed by atoms with Crippen LogP contribution in [0.2, 0.25) is 0 Å². The van der Waals surface area contributed by atoms with Gasteiger partial charge in [0.2, 0.25) is 0 Å². The van der Waals surface area contributed by atoms with Crippen LogP contribution in [0.4, 0.5) is 11.4 Å². The first-order valence-corrected chi connectivity index (χ1v) is 17.9. The number of aliphatic hydroxyl groups is 1. The van der Waals surface area contributed by atoms with Crippen molar-refractivity contribution in [2.75, 3.05) is 37.6 Å². The van der Waals surface area contributed by atoms with Crippen LogP contribution >= 0.6 is 0 Å². The summed E-state index contributed by atoms with van der Waals surface area (Å²) in [7, 11) is 0. The molecular weight excluding hydrogens is 670 g/mol. The van der Waals surface area contributed by atoms with E-state index in [1.165, 1.54) is 0 Å². The Balaban J connectivity index is 1.07. The monoisotopic (exact) mass is 713 g/mol. The molecule has 7 rings (SSSR count). The Labute approximate surface area is 309 Å². The molecule has 0 unspecified atom stereocenters. The molecule has 2 saturated heterocycles. The number of aliphatic hydroxyl groups excluding tert-OH is 1. The fourth-order valence-corrected chi connectivity index (χ4v) is 7.06. The van der Waals surface area contributed by atoms with E-state index in [1.54, 1.807) is 36.7 Å². The summed E-state index contributed by atoms with van der Waals surface area (Å²) in [4.78, 5) is 32.1. The van der Waals surface area contributed by atoms with E-state index in [4.69, 9.17) is 9.47 Å². The number of non-ortho nitro benzene ring substituents is 1. The molecule has 4 atom stereocenters. The molecule has 1 aromatic heterocycles. The highest BCUT2D eigenvalue weighted by atomic mass is 16.7. The van der Waals surface area contributed by atoms with E-state index < -0.39 is 6.29 Å². The summed E-state index contributed by atoms with van der Waals surface area (Å²) in [5.74, 6) is -0.131. The maximum Gasteiger partial charge on any atom is 0.269 e. The Bertz CT molecular complexity index is 2000. The van der Waals surface area contributed by atoms with Gasteiger partial charge in [-0.05, 0) is 64.2 Å². The summed E-state index contributed by atoms with van der Waals surface area (Å²) >= 11 is 0. The number of anilines is 1. The number of pyridine rings is 1. The molecule has 4 aromatic carbocycles. The minimum Gasteiger partial charge on any atom is -0.392 e. The highest BCUT2D eigenvalue weighted by Crippen LogP contribution is 2.42. The number of hydrogen-bond donors (Lipinski definition) is 2. The molecule has 11 heteroatoms. The largest absolute Gasteiger partial charge is 0.392 e. The van der Waals surface area contributed by atoms with Crippen molar-refractivity contribution in [3.05, 3.63) is 160 Å². The zero-order valence-electron chi connectivity index (χ0n) is 29.6. The Morgan fingerprint density at radius 3 is 2.30 bits per heavy atom. The quantitative estimate of drug-likeness (QED) is 0.114. The summed E-state index contributed by atoms with van der Waals surface area (Å²) in [6.07, 6.45) is 2.23. The number of amides is 1. The smallest absolute Gasteiger partial charge is 0.269 e. The number of nitro groups is 1. The summed E-state index contributed by atoms with van der Waals surface area (Å²) < 4.78 is 13.6. The lowest BCUT2D eigenvalue weighted by atomic mass is 9.89. The van der Waals surface area contributed by atoms with Gasteiger partial charge in [-0.1, -0.05) is 67.6 Å². The molecule has 2 fully saturated rings.